The van der Waals surface area contributed by atoms with Crippen LogP contribution >= 0.6 is 0 Å². The minimum Gasteiger partial charge on any atom is -0.497 e. The van der Waals surface area contributed by atoms with Gasteiger partial charge in [-0.25, -0.2) is 14.4 Å². The Morgan fingerprint density at radius 2 is 1.69 bits per heavy atom. The summed E-state index contributed by atoms with van der Waals surface area (Å²) in [6.07, 6.45) is 0.297. The van der Waals surface area contributed by atoms with Gasteiger partial charge in [-0.2, -0.15) is 0 Å². The number of rotatable bonds is 8. The van der Waals surface area contributed by atoms with Crippen LogP contribution in [0.5, 0.6) is 11.5 Å². The molecule has 3 aromatic carbocycles. The molecule has 0 fully saturated rings. The van der Waals surface area contributed by atoms with Crippen molar-refractivity contribution in [3.05, 3.63) is 82.7 Å². The lowest BCUT2D eigenvalue weighted by Gasteiger charge is -2.17. The molecule has 1 aromatic heterocycles. The van der Waals surface area contributed by atoms with Gasteiger partial charge in [0, 0.05) is 16.8 Å². The van der Waals surface area contributed by atoms with E-state index in [9.17, 15) is 14.4 Å². The molecule has 4 aromatic rings. The third-order valence-corrected chi connectivity index (χ3v) is 5.48. The second-order valence-corrected chi connectivity index (χ2v) is 7.93. The summed E-state index contributed by atoms with van der Waals surface area (Å²) >= 11 is 0. The van der Waals surface area contributed by atoms with Crippen molar-refractivity contribution in [2.75, 3.05) is 7.11 Å². The summed E-state index contributed by atoms with van der Waals surface area (Å²) in [5.74, 6) is 0.0984. The number of fused-ring (bicyclic) bond motifs is 3. The first-order chi connectivity index (χ1) is 17.0. The summed E-state index contributed by atoms with van der Waals surface area (Å²) in [4.78, 5) is 37.5. The number of hydrogen-bond acceptors (Lipinski definition) is 7. The maximum Gasteiger partial charge on any atom is 0.408 e. The van der Waals surface area contributed by atoms with E-state index in [4.69, 9.17) is 18.6 Å². The Morgan fingerprint density at radius 3 is 2.43 bits per heavy atom. The van der Waals surface area contributed by atoms with Gasteiger partial charge in [0.15, 0.2) is 0 Å². The highest BCUT2D eigenvalue weighted by Crippen LogP contribution is 2.28. The molecule has 0 aliphatic heterocycles. The van der Waals surface area contributed by atoms with Crippen molar-refractivity contribution in [1.82, 2.24) is 5.32 Å². The van der Waals surface area contributed by atoms with Crippen LogP contribution in [0, 0.1) is 0 Å². The Kier molecular flexibility index (Phi) is 7.30. The molecular formula is C27H25NO7. The maximum atomic E-state index is 12.8. The van der Waals surface area contributed by atoms with E-state index < -0.39 is 23.7 Å². The van der Waals surface area contributed by atoms with E-state index in [0.717, 1.165) is 5.56 Å². The number of amides is 1. The molecule has 0 bridgehead atoms. The highest BCUT2D eigenvalue weighted by molar-refractivity contribution is 6.05. The molecule has 8 nitrogen and oxygen atoms in total. The Morgan fingerprint density at radius 1 is 0.943 bits per heavy atom. The van der Waals surface area contributed by atoms with E-state index in [1.807, 2.05) is 37.3 Å². The van der Waals surface area contributed by atoms with Crippen LogP contribution in [0.3, 0.4) is 0 Å². The van der Waals surface area contributed by atoms with E-state index in [1.165, 1.54) is 13.2 Å². The zero-order valence-corrected chi connectivity index (χ0v) is 19.4. The van der Waals surface area contributed by atoms with E-state index >= 15 is 0 Å². The minimum absolute atomic E-state index is 0.0874. The highest BCUT2D eigenvalue weighted by atomic mass is 16.6. The molecule has 0 saturated carbocycles. The Bertz CT molecular complexity index is 1410. The number of nitrogens with one attached hydrogen (secondary N) is 1. The van der Waals surface area contributed by atoms with E-state index in [-0.39, 0.29) is 17.9 Å². The fourth-order valence-corrected chi connectivity index (χ4v) is 3.71. The standard InChI is InChI=1S/C27H25NO7/c1-3-7-23(28-27(31)33-16-17-8-5-4-6-9-17)26(30)34-19-11-13-21-20-12-10-18(32-2)14-22(20)25(29)35-24(21)15-19/h4-6,8-15,23H,3,7,16H2,1-2H3,(H,28,31)/t23-/m1/s1. The summed E-state index contributed by atoms with van der Waals surface area (Å²) in [6, 6.07) is 18.3. The molecule has 0 unspecified atom stereocenters. The number of hydrogen-bond donors (Lipinski definition) is 1. The van der Waals surface area contributed by atoms with E-state index in [1.54, 1.807) is 30.3 Å². The van der Waals surface area contributed by atoms with Gasteiger partial charge in [0.05, 0.1) is 12.5 Å². The van der Waals surface area contributed by atoms with Crippen LogP contribution in [-0.4, -0.2) is 25.2 Å². The molecule has 35 heavy (non-hydrogen) atoms. The maximum absolute atomic E-state index is 12.8. The third-order valence-electron chi connectivity index (χ3n) is 5.48. The monoisotopic (exact) mass is 475 g/mol. The molecule has 0 aliphatic rings. The number of ether oxygens (including phenoxy) is 3. The van der Waals surface area contributed by atoms with Crippen molar-refractivity contribution in [3.63, 3.8) is 0 Å². The van der Waals surface area contributed by atoms with Crippen molar-refractivity contribution in [1.29, 1.82) is 0 Å². The zero-order valence-electron chi connectivity index (χ0n) is 19.4. The molecule has 0 radical (unpaired) electrons. The SMILES string of the molecule is CCC[C@@H](NC(=O)OCc1ccccc1)C(=O)Oc1ccc2c(c1)oc(=O)c1cc(OC)ccc12. The Hall–Kier alpha value is -4.33. The van der Waals surface area contributed by atoms with Gasteiger partial charge in [-0.3, -0.25) is 0 Å². The summed E-state index contributed by atoms with van der Waals surface area (Å²) in [6.45, 7) is 1.98. The molecule has 4 rings (SSSR count). The van der Waals surface area contributed by atoms with Crippen LogP contribution < -0.4 is 20.4 Å². The predicted octanol–water partition coefficient (Wildman–Crippen LogP) is 4.96. The summed E-state index contributed by atoms with van der Waals surface area (Å²) in [5.41, 5.74) is 0.586. The molecule has 0 aliphatic carbocycles. The predicted molar refractivity (Wildman–Crippen MR) is 131 cm³/mol. The molecule has 1 N–H and O–H groups in total. The third kappa shape index (κ3) is 5.60. The molecule has 180 valence electrons. The molecule has 1 heterocycles. The lowest BCUT2D eigenvalue weighted by Crippen LogP contribution is -2.43. The van der Waals surface area contributed by atoms with E-state index in [0.29, 0.717) is 34.7 Å². The first-order valence-electron chi connectivity index (χ1n) is 11.2. The number of benzene rings is 3. The summed E-state index contributed by atoms with van der Waals surface area (Å²) in [7, 11) is 1.52. The van der Waals surface area contributed by atoms with Gasteiger partial charge in [0.1, 0.15) is 29.7 Å². The Balaban J connectivity index is 1.48. The lowest BCUT2D eigenvalue weighted by atomic mass is 10.1. The highest BCUT2D eigenvalue weighted by Gasteiger charge is 2.23. The Labute approximate surface area is 201 Å². The number of alkyl carbamates (subject to hydrolysis) is 1. The minimum atomic E-state index is -0.893. The van der Waals surface area contributed by atoms with Gasteiger partial charge in [0.25, 0.3) is 0 Å². The van der Waals surface area contributed by atoms with Crippen molar-refractivity contribution in [2.24, 2.45) is 0 Å². The number of esters is 1. The molecule has 0 spiro atoms. The van der Waals surface area contributed by atoms with Crippen LogP contribution in [0.15, 0.2) is 75.9 Å². The van der Waals surface area contributed by atoms with Crippen molar-refractivity contribution in [3.8, 4) is 11.5 Å². The fourth-order valence-electron chi connectivity index (χ4n) is 3.71. The van der Waals surface area contributed by atoms with Gasteiger partial charge in [0.2, 0.25) is 0 Å². The normalized spacial score (nSPS) is 11.7. The molecule has 8 heteroatoms. The fraction of sp³-hybridized carbons (Fsp3) is 0.222. The van der Waals surface area contributed by atoms with Gasteiger partial charge in [-0.05, 0) is 42.3 Å². The number of carbonyl (C=O) groups is 2. The molecular weight excluding hydrogens is 450 g/mol. The second kappa shape index (κ2) is 10.7. The average Bonchev–Trinajstić information content (AvgIpc) is 2.87. The van der Waals surface area contributed by atoms with Gasteiger partial charge < -0.3 is 23.9 Å². The first kappa shape index (κ1) is 23.8. The molecule has 0 saturated heterocycles. The van der Waals surface area contributed by atoms with Crippen molar-refractivity contribution < 1.29 is 28.2 Å². The van der Waals surface area contributed by atoms with Crippen LogP contribution in [0.4, 0.5) is 4.79 Å². The van der Waals surface area contributed by atoms with Crippen LogP contribution in [0.25, 0.3) is 21.7 Å². The number of carbonyl (C=O) groups excluding carboxylic acids is 2. The van der Waals surface area contributed by atoms with Crippen LogP contribution in [0.1, 0.15) is 25.3 Å². The van der Waals surface area contributed by atoms with Crippen LogP contribution in [0.2, 0.25) is 0 Å². The summed E-state index contributed by atoms with van der Waals surface area (Å²) < 4.78 is 21.3. The second-order valence-electron chi connectivity index (χ2n) is 7.93. The van der Waals surface area contributed by atoms with Gasteiger partial charge >= 0.3 is 17.7 Å². The van der Waals surface area contributed by atoms with Gasteiger partial charge in [-0.1, -0.05) is 43.7 Å². The lowest BCUT2D eigenvalue weighted by molar-refractivity contribution is -0.136. The van der Waals surface area contributed by atoms with Crippen molar-refractivity contribution in [2.45, 2.75) is 32.4 Å². The molecule has 1 amide bonds. The largest absolute Gasteiger partial charge is 0.497 e. The topological polar surface area (TPSA) is 104 Å². The average molecular weight is 475 g/mol. The quantitative estimate of drug-likeness (QED) is 0.166. The van der Waals surface area contributed by atoms with Gasteiger partial charge in [-0.15, -0.1) is 0 Å². The number of methoxy groups -OCH3 is 1. The van der Waals surface area contributed by atoms with Crippen LogP contribution in [-0.2, 0) is 16.1 Å². The van der Waals surface area contributed by atoms with E-state index in [2.05, 4.69) is 5.32 Å². The summed E-state index contributed by atoms with van der Waals surface area (Å²) in [5, 5.41) is 4.35. The molecule has 1 atom stereocenters. The van der Waals surface area contributed by atoms with Crippen molar-refractivity contribution >= 4 is 33.8 Å². The smallest absolute Gasteiger partial charge is 0.408 e. The zero-order chi connectivity index (χ0) is 24.8. The first-order valence-corrected chi connectivity index (χ1v) is 11.2.